The van der Waals surface area contributed by atoms with Crippen LogP contribution in [0.5, 0.6) is 11.5 Å². The molecule has 0 heterocycles. The molecule has 0 aliphatic heterocycles. The van der Waals surface area contributed by atoms with Crippen molar-refractivity contribution in [1.29, 1.82) is 0 Å². The zero-order valence-electron chi connectivity index (χ0n) is 15.5. The molecule has 25 heavy (non-hydrogen) atoms. The molecule has 1 aliphatic rings. The van der Waals surface area contributed by atoms with Crippen molar-refractivity contribution in [3.63, 3.8) is 0 Å². The Morgan fingerprint density at radius 2 is 1.04 bits per heavy atom. The summed E-state index contributed by atoms with van der Waals surface area (Å²) >= 11 is 0. The minimum absolute atomic E-state index is 0.0265. The highest BCUT2D eigenvalue weighted by molar-refractivity contribution is 5.47. The van der Waals surface area contributed by atoms with E-state index >= 15 is 0 Å². The Labute approximate surface area is 151 Å². The molecule has 2 N–H and O–H groups in total. The third kappa shape index (κ3) is 3.68. The summed E-state index contributed by atoms with van der Waals surface area (Å²) in [6.07, 6.45) is 9.94. The van der Waals surface area contributed by atoms with Gasteiger partial charge in [0.25, 0.3) is 0 Å². The van der Waals surface area contributed by atoms with Crippen LogP contribution in [0.3, 0.4) is 0 Å². The Balaban J connectivity index is 2.14. The van der Waals surface area contributed by atoms with Gasteiger partial charge in [-0.05, 0) is 61.1 Å². The van der Waals surface area contributed by atoms with Crippen LogP contribution in [-0.4, -0.2) is 10.2 Å². The van der Waals surface area contributed by atoms with E-state index in [1.165, 1.54) is 49.7 Å². The van der Waals surface area contributed by atoms with Crippen molar-refractivity contribution < 1.29 is 10.2 Å². The second kappa shape index (κ2) is 7.51. The molecule has 0 aromatic heterocycles. The fourth-order valence-corrected chi connectivity index (χ4v) is 4.34. The molecule has 1 fully saturated rings. The van der Waals surface area contributed by atoms with E-state index < -0.39 is 0 Å². The number of aromatic hydroxyl groups is 2. The van der Waals surface area contributed by atoms with E-state index in [0.29, 0.717) is 11.5 Å². The van der Waals surface area contributed by atoms with Gasteiger partial charge in [-0.25, -0.2) is 0 Å². The molecule has 0 amide bonds. The summed E-state index contributed by atoms with van der Waals surface area (Å²) in [6, 6.07) is 12.2. The molecule has 2 nitrogen and oxygen atoms in total. The van der Waals surface area contributed by atoms with Crippen molar-refractivity contribution in [1.82, 2.24) is 0 Å². The lowest BCUT2D eigenvalue weighted by Gasteiger charge is -2.36. The normalized spacial score (nSPS) is 18.2. The minimum Gasteiger partial charge on any atom is -0.508 e. The minimum atomic E-state index is -0.0265. The van der Waals surface area contributed by atoms with Gasteiger partial charge in [-0.3, -0.25) is 0 Å². The van der Waals surface area contributed by atoms with Crippen LogP contribution in [0, 0.1) is 13.8 Å². The van der Waals surface area contributed by atoms with Crippen molar-refractivity contribution in [2.24, 2.45) is 0 Å². The van der Waals surface area contributed by atoms with Gasteiger partial charge < -0.3 is 10.2 Å². The Morgan fingerprint density at radius 1 is 0.640 bits per heavy atom. The summed E-state index contributed by atoms with van der Waals surface area (Å²) in [5.41, 5.74) is 4.45. The first kappa shape index (κ1) is 17.8. The average molecular weight is 338 g/mol. The first-order chi connectivity index (χ1) is 12.0. The lowest BCUT2D eigenvalue weighted by atomic mass is 9.67. The maximum absolute atomic E-state index is 9.99. The monoisotopic (exact) mass is 338 g/mol. The van der Waals surface area contributed by atoms with E-state index in [0.717, 1.165) is 24.0 Å². The van der Waals surface area contributed by atoms with Gasteiger partial charge in [0.05, 0.1) is 0 Å². The largest absolute Gasteiger partial charge is 0.508 e. The number of aryl methyl sites for hydroxylation is 2. The van der Waals surface area contributed by atoms with Gasteiger partial charge in [0.1, 0.15) is 11.5 Å². The smallest absolute Gasteiger partial charge is 0.118 e. The van der Waals surface area contributed by atoms with Crippen molar-refractivity contribution in [2.75, 3.05) is 0 Å². The molecule has 3 rings (SSSR count). The van der Waals surface area contributed by atoms with Crippen molar-refractivity contribution in [3.8, 4) is 11.5 Å². The van der Waals surface area contributed by atoms with Gasteiger partial charge in [-0.2, -0.15) is 0 Å². The highest BCUT2D eigenvalue weighted by Gasteiger charge is 2.34. The summed E-state index contributed by atoms with van der Waals surface area (Å²) in [5.74, 6) is 0.729. The number of hydrogen-bond donors (Lipinski definition) is 2. The van der Waals surface area contributed by atoms with Crippen LogP contribution in [0.15, 0.2) is 36.4 Å². The van der Waals surface area contributed by atoms with Crippen molar-refractivity contribution in [2.45, 2.75) is 70.6 Å². The quantitative estimate of drug-likeness (QED) is 0.691. The summed E-state index contributed by atoms with van der Waals surface area (Å²) in [7, 11) is 0. The summed E-state index contributed by atoms with van der Waals surface area (Å²) < 4.78 is 0. The number of phenols is 2. The molecule has 2 aromatic rings. The van der Waals surface area contributed by atoms with Gasteiger partial charge in [-0.1, -0.05) is 62.8 Å². The van der Waals surface area contributed by atoms with E-state index in [1.54, 1.807) is 0 Å². The summed E-state index contributed by atoms with van der Waals surface area (Å²) in [6.45, 7) is 3.95. The molecule has 0 spiro atoms. The second-order valence-electron chi connectivity index (χ2n) is 7.71. The van der Waals surface area contributed by atoms with Gasteiger partial charge in [0, 0.05) is 5.41 Å². The molecular weight excluding hydrogens is 308 g/mol. The number of rotatable bonds is 2. The molecule has 134 valence electrons. The maximum Gasteiger partial charge on any atom is 0.118 e. The molecule has 0 radical (unpaired) electrons. The molecule has 2 heteroatoms. The van der Waals surface area contributed by atoms with E-state index in [-0.39, 0.29) is 5.41 Å². The Morgan fingerprint density at radius 3 is 1.44 bits per heavy atom. The lowest BCUT2D eigenvalue weighted by Crippen LogP contribution is -2.28. The number of hydrogen-bond acceptors (Lipinski definition) is 2. The third-order valence-corrected chi connectivity index (χ3v) is 5.96. The van der Waals surface area contributed by atoms with Gasteiger partial charge in [-0.15, -0.1) is 0 Å². The van der Waals surface area contributed by atoms with Crippen LogP contribution in [0.1, 0.15) is 73.6 Å². The molecule has 0 saturated heterocycles. The SMILES string of the molecule is Cc1cc(C2(c3ccc(O)c(C)c3)CCCCCCCC2)ccc1O. The highest BCUT2D eigenvalue weighted by atomic mass is 16.3. The zero-order chi connectivity index (χ0) is 17.9. The zero-order valence-corrected chi connectivity index (χ0v) is 15.5. The Hall–Kier alpha value is -1.96. The average Bonchev–Trinajstić information content (AvgIpc) is 2.72. The fourth-order valence-electron chi connectivity index (χ4n) is 4.34. The van der Waals surface area contributed by atoms with Crippen LogP contribution in [-0.2, 0) is 5.41 Å². The molecule has 1 saturated carbocycles. The van der Waals surface area contributed by atoms with Crippen LogP contribution in [0.4, 0.5) is 0 Å². The predicted molar refractivity (Wildman–Crippen MR) is 103 cm³/mol. The van der Waals surface area contributed by atoms with Crippen LogP contribution in [0.25, 0.3) is 0 Å². The van der Waals surface area contributed by atoms with Gasteiger partial charge >= 0.3 is 0 Å². The van der Waals surface area contributed by atoms with Crippen LogP contribution in [0.2, 0.25) is 0 Å². The topological polar surface area (TPSA) is 40.5 Å². The third-order valence-electron chi connectivity index (χ3n) is 5.96. The molecule has 0 atom stereocenters. The molecule has 0 bridgehead atoms. The van der Waals surface area contributed by atoms with Crippen LogP contribution < -0.4 is 0 Å². The van der Waals surface area contributed by atoms with Crippen LogP contribution >= 0.6 is 0 Å². The van der Waals surface area contributed by atoms with E-state index in [4.69, 9.17) is 0 Å². The first-order valence-electron chi connectivity index (χ1n) is 9.63. The van der Waals surface area contributed by atoms with E-state index in [9.17, 15) is 10.2 Å². The molecular formula is C23H30O2. The fraction of sp³-hybridized carbons (Fsp3) is 0.478. The van der Waals surface area contributed by atoms with Crippen molar-refractivity contribution in [3.05, 3.63) is 58.7 Å². The summed E-state index contributed by atoms with van der Waals surface area (Å²) in [4.78, 5) is 0. The summed E-state index contributed by atoms with van der Waals surface area (Å²) in [5, 5.41) is 20.0. The first-order valence-corrected chi connectivity index (χ1v) is 9.63. The highest BCUT2D eigenvalue weighted by Crippen LogP contribution is 2.44. The maximum atomic E-state index is 9.99. The van der Waals surface area contributed by atoms with Gasteiger partial charge in [0.2, 0.25) is 0 Å². The molecule has 0 unspecified atom stereocenters. The molecule has 2 aromatic carbocycles. The standard InChI is InChI=1S/C23H30O2/c1-17-15-19(9-11-21(17)24)23(13-7-5-3-4-6-8-14-23)20-10-12-22(25)18(2)16-20/h9-12,15-16,24-25H,3-8,13-14H2,1-2H3. The van der Waals surface area contributed by atoms with E-state index in [1.807, 2.05) is 26.0 Å². The van der Waals surface area contributed by atoms with Gasteiger partial charge in [0.15, 0.2) is 0 Å². The second-order valence-corrected chi connectivity index (χ2v) is 7.71. The Kier molecular flexibility index (Phi) is 5.36. The van der Waals surface area contributed by atoms with E-state index in [2.05, 4.69) is 24.3 Å². The molecule has 1 aliphatic carbocycles. The predicted octanol–water partition coefficient (Wildman–Crippen LogP) is 6.14. The Bertz CT molecular complexity index is 669. The number of benzene rings is 2. The number of phenolic OH excluding ortho intramolecular Hbond substituents is 2. The lowest BCUT2D eigenvalue weighted by molar-refractivity contribution is 0.410. The van der Waals surface area contributed by atoms with Crippen molar-refractivity contribution >= 4 is 0 Å².